The van der Waals surface area contributed by atoms with Gasteiger partial charge in [-0.2, -0.15) is 0 Å². The molecule has 0 bridgehead atoms. The van der Waals surface area contributed by atoms with Gasteiger partial charge in [-0.05, 0) is 149 Å². The molecule has 2 aromatic carbocycles. The average molecular weight is 659 g/mol. The van der Waals surface area contributed by atoms with Crippen molar-refractivity contribution in [1.29, 1.82) is 0 Å². The fourth-order valence-corrected chi connectivity index (χ4v) is 11.0. The highest BCUT2D eigenvalue weighted by atomic mass is 17.2. The molecule has 0 amide bonds. The lowest BCUT2D eigenvalue weighted by atomic mass is 9.49. The number of hydrogen-bond donors (Lipinski definition) is 0. The van der Waals surface area contributed by atoms with Crippen molar-refractivity contribution < 1.29 is 28.8 Å². The van der Waals surface area contributed by atoms with Gasteiger partial charge >= 0.3 is 11.9 Å². The third kappa shape index (κ3) is 5.35. The van der Waals surface area contributed by atoms with E-state index < -0.39 is 22.0 Å². The van der Waals surface area contributed by atoms with Crippen LogP contribution in [0.4, 0.5) is 0 Å². The number of fused-ring (bicyclic) bond motifs is 6. The van der Waals surface area contributed by atoms with E-state index in [2.05, 4.69) is 91.8 Å². The van der Waals surface area contributed by atoms with Crippen molar-refractivity contribution >= 4 is 11.9 Å². The summed E-state index contributed by atoms with van der Waals surface area (Å²) in [4.78, 5) is 38.6. The molecule has 48 heavy (non-hydrogen) atoms. The van der Waals surface area contributed by atoms with E-state index in [0.717, 1.165) is 75.3 Å². The molecule has 0 heterocycles. The summed E-state index contributed by atoms with van der Waals surface area (Å²) < 4.78 is 10.6. The van der Waals surface area contributed by atoms with Crippen molar-refractivity contribution in [2.75, 3.05) is 14.2 Å². The maximum atomic E-state index is 13.0. The van der Waals surface area contributed by atoms with Crippen LogP contribution in [0, 0.1) is 22.7 Å². The van der Waals surface area contributed by atoms with Crippen molar-refractivity contribution in [3.63, 3.8) is 0 Å². The lowest BCUT2D eigenvalue weighted by Crippen LogP contribution is -2.52. The summed E-state index contributed by atoms with van der Waals surface area (Å²) in [6, 6.07) is 13.6. The van der Waals surface area contributed by atoms with Gasteiger partial charge in [-0.1, -0.05) is 63.1 Å². The molecule has 262 valence electrons. The number of hydrogen-bond acceptors (Lipinski definition) is 6. The molecule has 0 unspecified atom stereocenters. The molecular weight excluding hydrogens is 600 g/mol. The molecule has 2 fully saturated rings. The number of ether oxygens (including phenoxy) is 2. The number of methoxy groups -OCH3 is 2. The molecule has 0 aliphatic heterocycles. The van der Waals surface area contributed by atoms with Crippen LogP contribution in [0.3, 0.4) is 0 Å². The van der Waals surface area contributed by atoms with Gasteiger partial charge in [-0.25, -0.2) is 9.78 Å². The monoisotopic (exact) mass is 658 g/mol. The van der Waals surface area contributed by atoms with Crippen LogP contribution in [0.1, 0.15) is 140 Å². The zero-order valence-corrected chi connectivity index (χ0v) is 31.1. The zero-order valence-electron chi connectivity index (χ0n) is 31.1. The Bertz CT molecular complexity index is 1470. The molecule has 4 aliphatic carbocycles. The van der Waals surface area contributed by atoms with Gasteiger partial charge in [-0.3, -0.25) is 9.59 Å². The van der Waals surface area contributed by atoms with E-state index in [4.69, 9.17) is 19.2 Å². The maximum Gasteiger partial charge on any atom is 0.311 e. The Labute approximate surface area is 288 Å². The van der Waals surface area contributed by atoms with Gasteiger partial charge in [-0.15, -0.1) is 0 Å². The fourth-order valence-electron chi connectivity index (χ4n) is 11.0. The summed E-state index contributed by atoms with van der Waals surface area (Å²) >= 11 is 0. The first kappa shape index (κ1) is 35.1. The molecule has 0 spiro atoms. The standard InChI is InChI=1S/C42H58O6/c1-37(2,29-15-17-31-27(25-29)13-19-33-39(31,5)21-11-23-41(33,7)35(43)45-9)47-48-38(3,4)30-16-18-32-28(26-30)14-20-34-40(32,6)22-12-24-42(34,8)36(44)46-10/h15-18,25-26,33-34H,11-14,19-24H2,1-10H3/t33-,34-,39-,40-,41-,42-/m1/s1. The molecule has 2 aromatic rings. The van der Waals surface area contributed by atoms with Crippen LogP contribution in [0.25, 0.3) is 0 Å². The summed E-state index contributed by atoms with van der Waals surface area (Å²) in [5.41, 5.74) is 5.24. The Balaban J connectivity index is 1.20. The summed E-state index contributed by atoms with van der Waals surface area (Å²) in [6.45, 7) is 17.2. The normalized spacial score (nSPS) is 33.0. The van der Waals surface area contributed by atoms with Gasteiger partial charge in [0.1, 0.15) is 11.2 Å². The van der Waals surface area contributed by atoms with Crippen LogP contribution in [0.5, 0.6) is 0 Å². The van der Waals surface area contributed by atoms with E-state index in [9.17, 15) is 9.59 Å². The topological polar surface area (TPSA) is 71.1 Å². The SMILES string of the molecule is COC(=O)[C@]1(C)CCC[C@]2(C)c3ccc(C(C)(C)OOC(C)(C)c4ccc5c(c4)CC[C@H]4[C@](C)(C(=O)OC)CCC[C@]54C)cc3CC[C@@H]12. The lowest BCUT2D eigenvalue weighted by molar-refractivity contribution is -0.410. The third-order valence-corrected chi connectivity index (χ3v) is 13.9. The first-order valence-corrected chi connectivity index (χ1v) is 18.3. The Morgan fingerprint density at radius 3 is 1.35 bits per heavy atom. The summed E-state index contributed by atoms with van der Waals surface area (Å²) in [5.74, 6) is 0.387. The van der Waals surface area contributed by atoms with Gasteiger partial charge < -0.3 is 9.47 Å². The predicted molar refractivity (Wildman–Crippen MR) is 187 cm³/mol. The smallest absolute Gasteiger partial charge is 0.311 e. The van der Waals surface area contributed by atoms with Crippen molar-refractivity contribution in [3.8, 4) is 0 Å². The van der Waals surface area contributed by atoms with Gasteiger partial charge in [0.05, 0.1) is 25.0 Å². The fraction of sp³-hybridized carbons (Fsp3) is 0.667. The Morgan fingerprint density at radius 2 is 1.00 bits per heavy atom. The average Bonchev–Trinajstić information content (AvgIpc) is 3.06. The van der Waals surface area contributed by atoms with E-state index in [1.807, 2.05) is 0 Å². The molecule has 6 atom stereocenters. The third-order valence-electron chi connectivity index (χ3n) is 13.9. The highest BCUT2D eigenvalue weighted by molar-refractivity contribution is 5.78. The second-order valence-electron chi connectivity index (χ2n) is 17.5. The molecule has 0 radical (unpaired) electrons. The molecular formula is C42H58O6. The van der Waals surface area contributed by atoms with Crippen LogP contribution >= 0.6 is 0 Å². The molecule has 0 N–H and O–H groups in total. The van der Waals surface area contributed by atoms with Crippen molar-refractivity contribution in [2.24, 2.45) is 22.7 Å². The van der Waals surface area contributed by atoms with Crippen LogP contribution in [0.15, 0.2) is 36.4 Å². The number of carbonyl (C=O) groups excluding carboxylic acids is 2. The Kier molecular flexibility index (Phi) is 8.76. The number of benzene rings is 2. The number of esters is 2. The quantitative estimate of drug-likeness (QED) is 0.168. The first-order chi connectivity index (χ1) is 22.5. The van der Waals surface area contributed by atoms with E-state index in [0.29, 0.717) is 0 Å². The molecule has 4 aliphatic rings. The van der Waals surface area contributed by atoms with Crippen LogP contribution in [-0.2, 0) is 63.7 Å². The minimum absolute atomic E-state index is 0.0596. The number of rotatable bonds is 7. The summed E-state index contributed by atoms with van der Waals surface area (Å²) in [5, 5.41) is 0. The highest BCUT2D eigenvalue weighted by Gasteiger charge is 2.57. The molecule has 0 aromatic heterocycles. The molecule has 6 rings (SSSR count). The molecule has 2 saturated carbocycles. The highest BCUT2D eigenvalue weighted by Crippen LogP contribution is 2.59. The maximum absolute atomic E-state index is 13.0. The van der Waals surface area contributed by atoms with E-state index in [1.54, 1.807) is 0 Å². The second-order valence-corrected chi connectivity index (χ2v) is 17.5. The van der Waals surface area contributed by atoms with Gasteiger partial charge in [0.2, 0.25) is 0 Å². The lowest BCUT2D eigenvalue weighted by Gasteiger charge is -2.54. The van der Waals surface area contributed by atoms with Gasteiger partial charge in [0, 0.05) is 0 Å². The van der Waals surface area contributed by atoms with Crippen LogP contribution in [-0.4, -0.2) is 26.2 Å². The van der Waals surface area contributed by atoms with E-state index in [-0.39, 0.29) is 34.6 Å². The van der Waals surface area contributed by atoms with E-state index >= 15 is 0 Å². The Hall–Kier alpha value is -2.70. The summed E-state index contributed by atoms with van der Waals surface area (Å²) in [6.07, 6.45) is 9.81. The molecule has 6 heteroatoms. The van der Waals surface area contributed by atoms with E-state index in [1.165, 1.54) is 36.5 Å². The minimum Gasteiger partial charge on any atom is -0.469 e. The predicted octanol–water partition coefficient (Wildman–Crippen LogP) is 9.17. The van der Waals surface area contributed by atoms with Gasteiger partial charge in [0.15, 0.2) is 0 Å². The van der Waals surface area contributed by atoms with Crippen LogP contribution in [0.2, 0.25) is 0 Å². The summed E-state index contributed by atoms with van der Waals surface area (Å²) in [7, 11) is 3.04. The molecule has 0 saturated heterocycles. The van der Waals surface area contributed by atoms with Crippen molar-refractivity contribution in [3.05, 3.63) is 69.8 Å². The number of carbonyl (C=O) groups is 2. The van der Waals surface area contributed by atoms with Crippen molar-refractivity contribution in [1.82, 2.24) is 0 Å². The van der Waals surface area contributed by atoms with Crippen LogP contribution < -0.4 is 0 Å². The first-order valence-electron chi connectivity index (χ1n) is 18.3. The largest absolute Gasteiger partial charge is 0.469 e. The Morgan fingerprint density at radius 1 is 0.625 bits per heavy atom. The zero-order chi connectivity index (χ0) is 34.9. The second kappa shape index (κ2) is 12.0. The van der Waals surface area contributed by atoms with Gasteiger partial charge in [0.25, 0.3) is 0 Å². The minimum atomic E-state index is -0.674. The molecule has 6 nitrogen and oxygen atoms in total. The number of aryl methyl sites for hydroxylation is 2. The van der Waals surface area contributed by atoms with Crippen molar-refractivity contribution in [2.45, 2.75) is 142 Å².